The van der Waals surface area contributed by atoms with Crippen LogP contribution in [-0.4, -0.2) is 25.3 Å². The molecule has 3 aromatic rings. The minimum atomic E-state index is -0.205. The Hall–Kier alpha value is -3.74. The number of benzene rings is 2. The molecule has 0 aliphatic heterocycles. The van der Waals surface area contributed by atoms with E-state index in [0.717, 1.165) is 39.5 Å². The van der Waals surface area contributed by atoms with Crippen molar-refractivity contribution in [3.8, 4) is 17.2 Å². The molecule has 7 nitrogen and oxygen atoms in total. The predicted molar refractivity (Wildman–Crippen MR) is 127 cm³/mol. The molecule has 1 amide bonds. The number of aryl methyl sites for hydroxylation is 3. The zero-order valence-electron chi connectivity index (χ0n) is 19.9. The zero-order chi connectivity index (χ0) is 24.0. The largest absolute Gasteiger partial charge is 0.496 e. The average molecular weight is 451 g/mol. The molecule has 0 saturated carbocycles. The van der Waals surface area contributed by atoms with E-state index in [-0.39, 0.29) is 11.9 Å². The summed E-state index contributed by atoms with van der Waals surface area (Å²) in [5.41, 5.74) is 4.56. The van der Waals surface area contributed by atoms with Gasteiger partial charge in [-0.3, -0.25) is 4.79 Å². The fourth-order valence-corrected chi connectivity index (χ4v) is 3.47. The number of nitrogens with zero attached hydrogens (tertiary/aromatic N) is 1. The molecule has 0 radical (unpaired) electrons. The van der Waals surface area contributed by atoms with E-state index in [1.165, 1.54) is 6.08 Å². The van der Waals surface area contributed by atoms with Crippen molar-refractivity contribution >= 4 is 12.0 Å². The van der Waals surface area contributed by atoms with Gasteiger partial charge in [-0.1, -0.05) is 28.9 Å². The molecule has 1 unspecified atom stereocenters. The number of carbonyl (C=O) groups is 1. The third-order valence-electron chi connectivity index (χ3n) is 5.38. The first-order chi connectivity index (χ1) is 15.8. The Labute approximate surface area is 194 Å². The van der Waals surface area contributed by atoms with Gasteiger partial charge in [-0.25, -0.2) is 0 Å². The molecule has 1 heterocycles. The number of hydrogen-bond donors (Lipinski definition) is 1. The fourth-order valence-electron chi connectivity index (χ4n) is 3.47. The van der Waals surface area contributed by atoms with Crippen LogP contribution >= 0.6 is 0 Å². The van der Waals surface area contributed by atoms with Gasteiger partial charge in [0.15, 0.2) is 11.5 Å². The molecule has 1 atom stereocenters. The first-order valence-electron chi connectivity index (χ1n) is 10.7. The maximum absolute atomic E-state index is 12.5. The molecular weight excluding hydrogens is 420 g/mol. The minimum Gasteiger partial charge on any atom is -0.496 e. The summed E-state index contributed by atoms with van der Waals surface area (Å²) in [4.78, 5) is 12.5. The lowest BCUT2D eigenvalue weighted by molar-refractivity contribution is -0.117. The summed E-state index contributed by atoms with van der Waals surface area (Å²) in [5, 5.41) is 6.92. The molecule has 0 saturated heterocycles. The molecule has 0 aliphatic rings. The first kappa shape index (κ1) is 23.9. The summed E-state index contributed by atoms with van der Waals surface area (Å²) in [6.45, 7) is 7.99. The summed E-state index contributed by atoms with van der Waals surface area (Å²) in [6, 6.07) is 11.2. The van der Waals surface area contributed by atoms with Crippen LogP contribution in [0.15, 0.2) is 47.0 Å². The predicted octanol–water partition coefficient (Wildman–Crippen LogP) is 5.09. The number of ether oxygens (including phenoxy) is 3. The first-order valence-corrected chi connectivity index (χ1v) is 10.7. The van der Waals surface area contributed by atoms with Gasteiger partial charge in [-0.2, -0.15) is 0 Å². The molecule has 0 spiro atoms. The van der Waals surface area contributed by atoms with Crippen LogP contribution in [0.2, 0.25) is 0 Å². The van der Waals surface area contributed by atoms with E-state index < -0.39 is 0 Å². The van der Waals surface area contributed by atoms with Crippen molar-refractivity contribution in [3.05, 3.63) is 76.2 Å². The highest BCUT2D eigenvalue weighted by molar-refractivity contribution is 5.92. The summed E-state index contributed by atoms with van der Waals surface area (Å²) >= 11 is 0. The number of carbonyl (C=O) groups excluding carboxylic acids is 1. The number of aromatic nitrogens is 1. The quantitative estimate of drug-likeness (QED) is 0.458. The van der Waals surface area contributed by atoms with Crippen molar-refractivity contribution in [1.82, 2.24) is 10.5 Å². The van der Waals surface area contributed by atoms with Crippen molar-refractivity contribution in [2.24, 2.45) is 0 Å². The molecule has 7 heteroatoms. The Kier molecular flexibility index (Phi) is 7.77. The van der Waals surface area contributed by atoms with Gasteiger partial charge in [0.2, 0.25) is 5.91 Å². The lowest BCUT2D eigenvalue weighted by Gasteiger charge is -2.17. The van der Waals surface area contributed by atoms with E-state index in [0.29, 0.717) is 18.1 Å². The van der Waals surface area contributed by atoms with Crippen LogP contribution in [-0.2, 0) is 11.4 Å². The highest BCUT2D eigenvalue weighted by atomic mass is 16.5. The van der Waals surface area contributed by atoms with E-state index in [4.69, 9.17) is 18.7 Å². The van der Waals surface area contributed by atoms with Gasteiger partial charge >= 0.3 is 0 Å². The summed E-state index contributed by atoms with van der Waals surface area (Å²) in [7, 11) is 3.20. The molecule has 174 valence electrons. The van der Waals surface area contributed by atoms with Crippen molar-refractivity contribution in [3.63, 3.8) is 0 Å². The highest BCUT2D eigenvalue weighted by Gasteiger charge is 2.14. The standard InChI is InChI=1S/C26H30N2O5/c1-16-7-10-23(30-5)21(13-16)17(2)27-26(29)12-9-20-8-11-24(25(14-20)31-6)32-15-22-18(3)28-33-19(22)4/h7-14,17H,15H2,1-6H3,(H,27,29)/b12-9+. The maximum atomic E-state index is 12.5. The Balaban J connectivity index is 1.65. The van der Waals surface area contributed by atoms with Crippen LogP contribution in [0, 0.1) is 20.8 Å². The number of hydrogen-bond acceptors (Lipinski definition) is 6. The van der Waals surface area contributed by atoms with E-state index in [2.05, 4.69) is 10.5 Å². The van der Waals surface area contributed by atoms with E-state index in [9.17, 15) is 4.79 Å². The topological polar surface area (TPSA) is 82.8 Å². The van der Waals surface area contributed by atoms with Crippen LogP contribution in [0.1, 0.15) is 46.7 Å². The highest BCUT2D eigenvalue weighted by Crippen LogP contribution is 2.30. The molecule has 1 aromatic heterocycles. The normalized spacial score (nSPS) is 11.9. The third kappa shape index (κ3) is 5.94. The third-order valence-corrected chi connectivity index (χ3v) is 5.38. The lowest BCUT2D eigenvalue weighted by atomic mass is 10.0. The number of methoxy groups -OCH3 is 2. The second-order valence-electron chi connectivity index (χ2n) is 7.81. The second kappa shape index (κ2) is 10.7. The van der Waals surface area contributed by atoms with E-state index in [1.807, 2.05) is 64.1 Å². The molecule has 2 aromatic carbocycles. The molecule has 3 rings (SSSR count). The van der Waals surface area contributed by atoms with Gasteiger partial charge in [-0.15, -0.1) is 0 Å². The van der Waals surface area contributed by atoms with Gasteiger partial charge < -0.3 is 24.1 Å². The van der Waals surface area contributed by atoms with Gasteiger partial charge in [0, 0.05) is 11.6 Å². The minimum absolute atomic E-state index is 0.202. The summed E-state index contributed by atoms with van der Waals surface area (Å²) in [5.74, 6) is 2.44. The van der Waals surface area contributed by atoms with Crippen LogP contribution in [0.3, 0.4) is 0 Å². The van der Waals surface area contributed by atoms with Gasteiger partial charge in [-0.05, 0) is 57.5 Å². The average Bonchev–Trinajstić information content (AvgIpc) is 3.13. The number of amides is 1. The zero-order valence-corrected chi connectivity index (χ0v) is 19.9. The van der Waals surface area contributed by atoms with Crippen LogP contribution in [0.25, 0.3) is 6.08 Å². The fraction of sp³-hybridized carbons (Fsp3) is 0.308. The Bertz CT molecular complexity index is 1130. The van der Waals surface area contributed by atoms with E-state index >= 15 is 0 Å². The van der Waals surface area contributed by atoms with Gasteiger partial charge in [0.25, 0.3) is 0 Å². The maximum Gasteiger partial charge on any atom is 0.244 e. The van der Waals surface area contributed by atoms with Gasteiger partial charge in [0.05, 0.1) is 31.5 Å². The Morgan fingerprint density at radius 1 is 1.06 bits per heavy atom. The van der Waals surface area contributed by atoms with Crippen molar-refractivity contribution in [2.45, 2.75) is 40.3 Å². The van der Waals surface area contributed by atoms with Crippen LogP contribution in [0.4, 0.5) is 0 Å². The second-order valence-corrected chi connectivity index (χ2v) is 7.81. The molecule has 0 fully saturated rings. The van der Waals surface area contributed by atoms with Crippen molar-refractivity contribution in [2.75, 3.05) is 14.2 Å². The van der Waals surface area contributed by atoms with E-state index in [1.54, 1.807) is 20.3 Å². The van der Waals surface area contributed by atoms with Crippen molar-refractivity contribution < 1.29 is 23.5 Å². The summed E-state index contributed by atoms with van der Waals surface area (Å²) in [6.07, 6.45) is 3.23. The summed E-state index contributed by atoms with van der Waals surface area (Å²) < 4.78 is 22.0. The number of rotatable bonds is 9. The number of nitrogens with one attached hydrogen (secondary N) is 1. The molecule has 0 aliphatic carbocycles. The lowest BCUT2D eigenvalue weighted by Crippen LogP contribution is -2.25. The SMILES string of the molecule is COc1cc(/C=C/C(=O)NC(C)c2cc(C)ccc2OC)ccc1OCc1c(C)noc1C. The smallest absolute Gasteiger partial charge is 0.244 e. The van der Waals surface area contributed by atoms with Gasteiger partial charge in [0.1, 0.15) is 18.1 Å². The van der Waals surface area contributed by atoms with Crippen molar-refractivity contribution in [1.29, 1.82) is 0 Å². The monoisotopic (exact) mass is 450 g/mol. The Morgan fingerprint density at radius 3 is 2.45 bits per heavy atom. The van der Waals surface area contributed by atoms with Crippen LogP contribution in [0.5, 0.6) is 17.2 Å². The Morgan fingerprint density at radius 2 is 1.79 bits per heavy atom. The molecule has 1 N–H and O–H groups in total. The van der Waals surface area contributed by atoms with Crippen LogP contribution < -0.4 is 19.5 Å². The molecule has 33 heavy (non-hydrogen) atoms. The molecule has 0 bridgehead atoms. The molecular formula is C26H30N2O5.